The lowest BCUT2D eigenvalue weighted by Crippen LogP contribution is -2.27. The molecule has 0 atom stereocenters. The van der Waals surface area contributed by atoms with Gasteiger partial charge in [-0.25, -0.2) is 34.3 Å². The van der Waals surface area contributed by atoms with Crippen LogP contribution in [0.5, 0.6) is 5.75 Å². The molecule has 17 rings (SSSR count). The summed E-state index contributed by atoms with van der Waals surface area (Å²) in [7, 11) is 1.67. The van der Waals surface area contributed by atoms with E-state index in [4.69, 9.17) is 16.3 Å². The molecule has 0 spiro atoms. The van der Waals surface area contributed by atoms with Gasteiger partial charge in [-0.1, -0.05) is 29.8 Å². The minimum Gasteiger partial charge on any atom is -0.496 e. The van der Waals surface area contributed by atoms with Gasteiger partial charge in [-0.15, -0.1) is 0 Å². The van der Waals surface area contributed by atoms with E-state index >= 15 is 0 Å². The zero-order chi connectivity index (χ0) is 96.8. The number of aromatic amines is 5. The van der Waals surface area contributed by atoms with E-state index in [0.29, 0.717) is 52.0 Å². The monoisotopic (exact) mass is 1830 g/mol. The summed E-state index contributed by atoms with van der Waals surface area (Å²) in [6.45, 7) is 51.4. The van der Waals surface area contributed by atoms with Crippen LogP contribution in [0.4, 0.5) is 109 Å². The maximum absolute atomic E-state index is 13.8. The van der Waals surface area contributed by atoms with Gasteiger partial charge in [-0.2, -0.15) is 35.0 Å². The van der Waals surface area contributed by atoms with Crippen LogP contribution in [0.1, 0.15) is 164 Å². The molecule has 0 aliphatic heterocycles. The van der Waals surface area contributed by atoms with Gasteiger partial charge in [0.25, 0.3) is 0 Å². The molecule has 33 heteroatoms. The predicted octanol–water partition coefficient (Wildman–Crippen LogP) is 25.3. The molecule has 0 amide bonds. The van der Waals surface area contributed by atoms with Crippen LogP contribution in [0, 0.1) is 54.3 Å². The average Bonchev–Trinajstić information content (AvgIpc) is 1.64. The van der Waals surface area contributed by atoms with E-state index in [9.17, 15) is 4.39 Å². The number of ether oxygens (including phenoxy) is 1. The van der Waals surface area contributed by atoms with Crippen LogP contribution in [-0.4, -0.2) is 130 Å². The highest BCUT2D eigenvalue weighted by molar-refractivity contribution is 6.35. The first-order valence-corrected chi connectivity index (χ1v) is 44.6. The third-order valence-electron chi connectivity index (χ3n) is 19.8. The number of H-pyrrole nitrogens is 5. The van der Waals surface area contributed by atoms with E-state index in [-0.39, 0.29) is 39.1 Å². The molecular weight excluding hydrogens is 1700 g/mol. The molecule has 0 radical (unpaired) electrons. The summed E-state index contributed by atoms with van der Waals surface area (Å²) in [5.41, 5.74) is 17.0. The van der Waals surface area contributed by atoms with Crippen LogP contribution in [0.25, 0.3) is 54.5 Å². The van der Waals surface area contributed by atoms with Crippen molar-refractivity contribution in [3.05, 3.63) is 239 Å². The first kappa shape index (κ1) is 98.1. The fourth-order valence-corrected chi connectivity index (χ4v) is 13.7. The summed E-state index contributed by atoms with van der Waals surface area (Å²) in [6, 6.07) is 39.0. The lowest BCUT2D eigenvalue weighted by atomic mass is 10.1. The average molecular weight is 1830 g/mol. The van der Waals surface area contributed by atoms with Crippen molar-refractivity contribution in [2.75, 3.05) is 70.9 Å². The summed E-state index contributed by atoms with van der Waals surface area (Å²) in [4.78, 5) is 65.8. The highest BCUT2D eigenvalue weighted by Gasteiger charge is 2.22. The van der Waals surface area contributed by atoms with E-state index in [1.807, 2.05) is 185 Å². The van der Waals surface area contributed by atoms with Gasteiger partial charge in [-0.3, -0.25) is 5.10 Å². The molecule has 0 saturated carbocycles. The standard InChI is InChI=1S/C18H23N5.C17H20ClN5.C17H20FN5.C17H21N5.C16H20N6.C16H22N4O/c1-11-6-7-14(13-8-9-19-15(11)13)21-16-12(2)10-20-17(22-16)23-18(3,4)5;2*1-10-9-20-16(23-17(2,3)4)22-15(10)21-13-6-5-12(18)14-11(13)7-8-19-14;1-11-10-19-16(22-17(2,3)4)21-15(11)20-13-5-6-14-12(9-13)7-8-18-14;1-10-8-17-15(21-16(2,3)4)20-14(10)19-12-6-5-7-13-11(12)9-18-22-13;1-11-12(7-6-8-13(11)21-5)18-14-9-10-17-15(19-14)20-16(2,3)4/h6-10,19H,1-5H3,(H2,20,21,22,23);2*5-9,19H,1-4H3,(H2,20,21,22,23);5-10,18H,1-4H3,(H2,19,20,21,22);5-9H,1-4H3,(H,18,22)(H2,17,19,20,21);6-10H,1-5H3,(H2,17,18,19,20). The Labute approximate surface area is 787 Å². The number of nitrogens with one attached hydrogen (secondary N) is 17. The van der Waals surface area contributed by atoms with Gasteiger partial charge in [0.05, 0.1) is 46.1 Å². The fourth-order valence-electron chi connectivity index (χ4n) is 13.5. The van der Waals surface area contributed by atoms with Crippen molar-refractivity contribution in [3.63, 3.8) is 0 Å². The highest BCUT2D eigenvalue weighted by atomic mass is 35.5. The lowest BCUT2D eigenvalue weighted by molar-refractivity contribution is 0.412. The molecule has 134 heavy (non-hydrogen) atoms. The fraction of sp³-hybridized carbons (Fsp3) is 0.317. The van der Waals surface area contributed by atoms with E-state index in [1.165, 1.54) is 17.0 Å². The summed E-state index contributed by atoms with van der Waals surface area (Å²) in [5.74, 6) is 8.84. The number of aromatic nitrogens is 18. The number of rotatable bonds is 19. The second kappa shape index (κ2) is 41.7. The van der Waals surface area contributed by atoms with Gasteiger partial charge >= 0.3 is 0 Å². The van der Waals surface area contributed by atoms with Gasteiger partial charge in [0, 0.05) is 189 Å². The summed E-state index contributed by atoms with van der Waals surface area (Å²) in [5, 5.41) is 52.8. The molecule has 0 aliphatic carbocycles. The number of hydrogen-bond acceptors (Lipinski definition) is 26. The third kappa shape index (κ3) is 27.8. The van der Waals surface area contributed by atoms with Crippen molar-refractivity contribution in [1.29, 1.82) is 0 Å². The number of hydrogen-bond donors (Lipinski definition) is 17. The van der Waals surface area contributed by atoms with Crippen LogP contribution >= 0.6 is 11.6 Å². The maximum atomic E-state index is 13.8. The SMILES string of the molecule is COc1cccc(Nc2ccnc(NC(C)(C)C)n2)c1C.Cc1cnc(NC(C)(C)C)nc1Nc1ccc(C)c2[nH]ccc12.Cc1cnc(NC(C)(C)C)nc1Nc1ccc(Cl)c2[nH]ccc12.Cc1cnc(NC(C)(C)C)nc1Nc1ccc(F)c2[nH]ccc12.Cc1cnc(NC(C)(C)C)nc1Nc1ccc2[nH]ccc2c1.Cc1cnc(NC(C)(C)C)nc1Nc1cccc2[nH]ncc12. The van der Waals surface area contributed by atoms with Crippen LogP contribution in [0.3, 0.4) is 0 Å². The molecule has 0 saturated heterocycles. The van der Waals surface area contributed by atoms with Crippen molar-refractivity contribution < 1.29 is 9.13 Å². The minimum atomic E-state index is -0.273. The first-order chi connectivity index (χ1) is 63.2. The second-order valence-electron chi connectivity index (χ2n) is 38.9. The number of anilines is 18. The van der Waals surface area contributed by atoms with Crippen molar-refractivity contribution in [3.8, 4) is 5.75 Å². The molecule has 0 fully saturated rings. The largest absolute Gasteiger partial charge is 0.496 e. The van der Waals surface area contributed by atoms with Crippen LogP contribution < -0.4 is 68.5 Å². The molecule has 700 valence electrons. The second-order valence-corrected chi connectivity index (χ2v) is 39.3. The molecule has 6 aromatic carbocycles. The zero-order valence-corrected chi connectivity index (χ0v) is 82.1. The maximum Gasteiger partial charge on any atom is 0.225 e. The Hall–Kier alpha value is -15.0. The first-order valence-electron chi connectivity index (χ1n) is 44.3. The Balaban J connectivity index is 0.000000145. The van der Waals surface area contributed by atoms with E-state index in [2.05, 4.69) is 301 Å². The molecule has 0 bridgehead atoms. The molecular formula is C101H126ClFN30O. The third-order valence-corrected chi connectivity index (χ3v) is 20.1. The van der Waals surface area contributed by atoms with Gasteiger partial charge < -0.3 is 88.5 Å². The van der Waals surface area contributed by atoms with E-state index < -0.39 is 0 Å². The van der Waals surface area contributed by atoms with Crippen LogP contribution in [0.15, 0.2) is 189 Å². The topological polar surface area (TPSA) is 400 Å². The molecule has 31 nitrogen and oxygen atoms in total. The van der Waals surface area contributed by atoms with Crippen molar-refractivity contribution in [2.24, 2.45) is 0 Å². The zero-order valence-electron chi connectivity index (χ0n) is 81.4. The number of aryl methyl sites for hydroxylation is 6. The summed E-state index contributed by atoms with van der Waals surface area (Å²) in [6.07, 6.45) is 20.1. The quantitative estimate of drug-likeness (QED) is 0.0357. The van der Waals surface area contributed by atoms with Gasteiger partial charge in [-0.05, 0) is 282 Å². The molecule has 17 aromatic rings. The summed E-state index contributed by atoms with van der Waals surface area (Å²) >= 11 is 6.21. The molecule has 11 heterocycles. The Morgan fingerprint density at radius 1 is 0.328 bits per heavy atom. The van der Waals surface area contributed by atoms with Gasteiger partial charge in [0.1, 0.15) is 46.5 Å². The highest BCUT2D eigenvalue weighted by Crippen LogP contribution is 2.37. The molecule has 17 N–H and O–H groups in total. The van der Waals surface area contributed by atoms with Gasteiger partial charge in [0.15, 0.2) is 0 Å². The lowest BCUT2D eigenvalue weighted by Gasteiger charge is -2.21. The number of fused-ring (bicyclic) bond motifs is 5. The van der Waals surface area contributed by atoms with E-state index in [1.54, 1.807) is 31.8 Å². The molecule has 0 aliphatic rings. The minimum absolute atomic E-state index is 0.0729. The van der Waals surface area contributed by atoms with Crippen LogP contribution in [0.2, 0.25) is 5.02 Å². The number of halogens is 2. The predicted molar refractivity (Wildman–Crippen MR) is 553 cm³/mol. The van der Waals surface area contributed by atoms with Crippen LogP contribution in [-0.2, 0) is 0 Å². The Morgan fingerprint density at radius 2 is 0.716 bits per heavy atom. The molecule has 11 aromatic heterocycles. The van der Waals surface area contributed by atoms with Crippen molar-refractivity contribution in [1.82, 2.24) is 89.9 Å². The molecule has 0 unspecified atom stereocenters. The number of benzene rings is 6. The Kier molecular flexibility index (Phi) is 30.5. The normalized spacial score (nSPS) is 11.6. The number of methoxy groups -OCH3 is 1. The number of nitrogens with zero attached hydrogens (tertiary/aromatic N) is 13. The Bertz CT molecular complexity index is 6530. The Morgan fingerprint density at radius 3 is 1.18 bits per heavy atom. The van der Waals surface area contributed by atoms with Crippen molar-refractivity contribution >= 4 is 171 Å². The smallest absolute Gasteiger partial charge is 0.225 e. The van der Waals surface area contributed by atoms with E-state index in [0.717, 1.165) is 146 Å². The van der Waals surface area contributed by atoms with Gasteiger partial charge in [0.2, 0.25) is 35.7 Å². The summed E-state index contributed by atoms with van der Waals surface area (Å²) < 4.78 is 19.1. The van der Waals surface area contributed by atoms with Crippen molar-refractivity contribution in [2.45, 2.75) is 206 Å².